The van der Waals surface area contributed by atoms with Gasteiger partial charge in [0.2, 0.25) is 5.91 Å². The number of esters is 1. The summed E-state index contributed by atoms with van der Waals surface area (Å²) in [6.07, 6.45) is 0.730. The molecule has 1 heterocycles. The first-order valence-corrected chi connectivity index (χ1v) is 13.0. The number of methoxy groups -OCH3 is 2. The van der Waals surface area contributed by atoms with Gasteiger partial charge in [0.25, 0.3) is 5.91 Å². The number of aromatic nitrogens is 3. The van der Waals surface area contributed by atoms with Gasteiger partial charge in [0.1, 0.15) is 0 Å². The molecule has 0 radical (unpaired) electrons. The van der Waals surface area contributed by atoms with Gasteiger partial charge in [0, 0.05) is 17.8 Å². The van der Waals surface area contributed by atoms with Crippen molar-refractivity contribution in [1.29, 1.82) is 0 Å². The maximum absolute atomic E-state index is 12.6. The Labute approximate surface area is 225 Å². The third-order valence-electron chi connectivity index (χ3n) is 5.31. The Balaban J connectivity index is 1.56. The number of nitrogens with zero attached hydrogens (tertiary/aromatic N) is 3. The standard InChI is InChI=1S/C26H31N5O6S/c1-5-12-37-25(34)18-8-7-9-19(13-18)28-23(32)16-38-26-30-29-22(31(26)6-2)15-27-24(33)17-10-11-20(35-3)21(14-17)36-4/h7-11,13-14H,5-6,12,15-16H2,1-4H3,(H,27,33)(H,28,32). The van der Waals surface area contributed by atoms with Gasteiger partial charge in [-0.05, 0) is 49.7 Å². The molecule has 0 bridgehead atoms. The lowest BCUT2D eigenvalue weighted by Gasteiger charge is -2.11. The lowest BCUT2D eigenvalue weighted by Crippen LogP contribution is -2.25. The van der Waals surface area contributed by atoms with Gasteiger partial charge < -0.3 is 29.4 Å². The Morgan fingerprint density at radius 3 is 2.47 bits per heavy atom. The normalized spacial score (nSPS) is 10.5. The topological polar surface area (TPSA) is 134 Å². The van der Waals surface area contributed by atoms with E-state index in [0.29, 0.717) is 52.4 Å². The first kappa shape index (κ1) is 28.5. The number of ether oxygens (including phenoxy) is 3. The van der Waals surface area contributed by atoms with Crippen LogP contribution < -0.4 is 20.1 Å². The Hall–Kier alpha value is -4.06. The van der Waals surface area contributed by atoms with Crippen molar-refractivity contribution in [1.82, 2.24) is 20.1 Å². The highest BCUT2D eigenvalue weighted by Crippen LogP contribution is 2.27. The molecule has 0 saturated heterocycles. The summed E-state index contributed by atoms with van der Waals surface area (Å²) in [6, 6.07) is 11.5. The molecule has 3 aromatic rings. The van der Waals surface area contributed by atoms with Crippen molar-refractivity contribution in [3.63, 3.8) is 0 Å². The molecule has 1 aromatic heterocycles. The van der Waals surface area contributed by atoms with Gasteiger partial charge >= 0.3 is 5.97 Å². The molecule has 0 atom stereocenters. The molecule has 0 aliphatic carbocycles. The molecule has 38 heavy (non-hydrogen) atoms. The van der Waals surface area contributed by atoms with Crippen LogP contribution in [0.2, 0.25) is 0 Å². The minimum Gasteiger partial charge on any atom is -0.493 e. The number of benzene rings is 2. The Bertz CT molecular complexity index is 1280. The smallest absolute Gasteiger partial charge is 0.338 e. The van der Waals surface area contributed by atoms with Crippen molar-refractivity contribution in [2.45, 2.75) is 38.5 Å². The fraction of sp³-hybridized carbons (Fsp3) is 0.346. The fourth-order valence-corrected chi connectivity index (χ4v) is 4.26. The zero-order chi connectivity index (χ0) is 27.5. The second kappa shape index (κ2) is 14.0. The predicted molar refractivity (Wildman–Crippen MR) is 143 cm³/mol. The Kier molecular flexibility index (Phi) is 10.5. The van der Waals surface area contributed by atoms with E-state index < -0.39 is 5.97 Å². The van der Waals surface area contributed by atoms with E-state index in [1.165, 1.54) is 26.0 Å². The molecule has 0 fully saturated rings. The van der Waals surface area contributed by atoms with E-state index in [2.05, 4.69) is 20.8 Å². The van der Waals surface area contributed by atoms with Crippen molar-refractivity contribution in [2.24, 2.45) is 0 Å². The minimum atomic E-state index is -0.431. The van der Waals surface area contributed by atoms with Crippen LogP contribution in [0.5, 0.6) is 11.5 Å². The first-order chi connectivity index (χ1) is 18.4. The number of anilines is 1. The molecule has 2 aromatic carbocycles. The van der Waals surface area contributed by atoms with E-state index in [1.807, 2.05) is 18.4 Å². The van der Waals surface area contributed by atoms with E-state index in [9.17, 15) is 14.4 Å². The lowest BCUT2D eigenvalue weighted by atomic mass is 10.2. The number of nitrogens with one attached hydrogen (secondary N) is 2. The molecule has 0 spiro atoms. The monoisotopic (exact) mass is 541 g/mol. The number of carbonyl (C=O) groups excluding carboxylic acids is 3. The summed E-state index contributed by atoms with van der Waals surface area (Å²) in [5, 5.41) is 14.5. The SMILES string of the molecule is CCCOC(=O)c1cccc(NC(=O)CSc2nnc(CNC(=O)c3ccc(OC)c(OC)c3)n2CC)c1. The van der Waals surface area contributed by atoms with Crippen molar-refractivity contribution in [2.75, 3.05) is 31.9 Å². The average molecular weight is 542 g/mol. The van der Waals surface area contributed by atoms with Crippen LogP contribution in [0.4, 0.5) is 5.69 Å². The lowest BCUT2D eigenvalue weighted by molar-refractivity contribution is -0.113. The second-order valence-corrected chi connectivity index (χ2v) is 8.89. The number of thioether (sulfide) groups is 1. The summed E-state index contributed by atoms with van der Waals surface area (Å²) in [7, 11) is 3.03. The van der Waals surface area contributed by atoms with Gasteiger partial charge in [0.15, 0.2) is 22.5 Å². The van der Waals surface area contributed by atoms with Crippen LogP contribution in [-0.2, 0) is 22.6 Å². The van der Waals surface area contributed by atoms with Crippen LogP contribution in [0.15, 0.2) is 47.6 Å². The maximum atomic E-state index is 12.6. The van der Waals surface area contributed by atoms with Gasteiger partial charge in [-0.3, -0.25) is 9.59 Å². The zero-order valence-corrected chi connectivity index (χ0v) is 22.6. The van der Waals surface area contributed by atoms with Crippen molar-refractivity contribution < 1.29 is 28.6 Å². The average Bonchev–Trinajstić information content (AvgIpc) is 3.34. The van der Waals surface area contributed by atoms with Crippen LogP contribution in [0.3, 0.4) is 0 Å². The summed E-state index contributed by atoms with van der Waals surface area (Å²) in [5.74, 6) is 0.635. The van der Waals surface area contributed by atoms with E-state index in [0.717, 1.165) is 6.42 Å². The van der Waals surface area contributed by atoms with Gasteiger partial charge in [-0.25, -0.2) is 4.79 Å². The van der Waals surface area contributed by atoms with Crippen LogP contribution in [0, 0.1) is 0 Å². The largest absolute Gasteiger partial charge is 0.493 e. The highest BCUT2D eigenvalue weighted by molar-refractivity contribution is 7.99. The zero-order valence-electron chi connectivity index (χ0n) is 21.8. The van der Waals surface area contributed by atoms with Gasteiger partial charge in [-0.1, -0.05) is 24.8 Å². The van der Waals surface area contributed by atoms with E-state index >= 15 is 0 Å². The summed E-state index contributed by atoms with van der Waals surface area (Å²) >= 11 is 1.22. The van der Waals surface area contributed by atoms with Gasteiger partial charge in [-0.15, -0.1) is 10.2 Å². The first-order valence-electron chi connectivity index (χ1n) is 12.0. The van der Waals surface area contributed by atoms with Crippen LogP contribution in [0.25, 0.3) is 0 Å². The maximum Gasteiger partial charge on any atom is 0.338 e. The molecule has 0 aliphatic heterocycles. The molecule has 2 amide bonds. The number of carbonyl (C=O) groups is 3. The number of rotatable bonds is 13. The Morgan fingerprint density at radius 1 is 0.974 bits per heavy atom. The van der Waals surface area contributed by atoms with E-state index in [4.69, 9.17) is 14.2 Å². The quantitative estimate of drug-likeness (QED) is 0.246. The minimum absolute atomic E-state index is 0.0840. The summed E-state index contributed by atoms with van der Waals surface area (Å²) in [5.41, 5.74) is 1.28. The number of amides is 2. The Morgan fingerprint density at radius 2 is 1.76 bits per heavy atom. The molecule has 0 aliphatic rings. The van der Waals surface area contributed by atoms with Crippen LogP contribution >= 0.6 is 11.8 Å². The third kappa shape index (κ3) is 7.48. The van der Waals surface area contributed by atoms with Crippen LogP contribution in [0.1, 0.15) is 46.8 Å². The number of hydrogen-bond donors (Lipinski definition) is 2. The van der Waals surface area contributed by atoms with Crippen molar-refractivity contribution >= 4 is 35.2 Å². The number of hydrogen-bond acceptors (Lipinski definition) is 9. The molecule has 12 heteroatoms. The fourth-order valence-electron chi connectivity index (χ4n) is 3.44. The van der Waals surface area contributed by atoms with Crippen molar-refractivity contribution in [3.05, 3.63) is 59.4 Å². The molecule has 11 nitrogen and oxygen atoms in total. The molecule has 2 N–H and O–H groups in total. The highest BCUT2D eigenvalue weighted by Gasteiger charge is 2.16. The second-order valence-electron chi connectivity index (χ2n) is 7.95. The molecular weight excluding hydrogens is 510 g/mol. The molecule has 0 saturated carbocycles. The summed E-state index contributed by atoms with van der Waals surface area (Å²) < 4.78 is 17.4. The van der Waals surface area contributed by atoms with Gasteiger partial charge in [-0.2, -0.15) is 0 Å². The molecular formula is C26H31N5O6S. The third-order valence-corrected chi connectivity index (χ3v) is 6.28. The summed E-state index contributed by atoms with van der Waals surface area (Å²) in [6.45, 7) is 4.89. The van der Waals surface area contributed by atoms with Crippen LogP contribution in [-0.4, -0.2) is 59.1 Å². The van der Waals surface area contributed by atoms with E-state index in [-0.39, 0.29) is 24.1 Å². The van der Waals surface area contributed by atoms with Gasteiger partial charge in [0.05, 0.1) is 38.7 Å². The highest BCUT2D eigenvalue weighted by atomic mass is 32.2. The molecule has 0 unspecified atom stereocenters. The van der Waals surface area contributed by atoms with E-state index in [1.54, 1.807) is 42.5 Å². The predicted octanol–water partition coefficient (Wildman–Crippen LogP) is 3.54. The van der Waals surface area contributed by atoms with Crippen molar-refractivity contribution in [3.8, 4) is 11.5 Å². The summed E-state index contributed by atoms with van der Waals surface area (Å²) in [4.78, 5) is 37.2. The molecule has 202 valence electrons. The molecule has 3 rings (SSSR count).